The first-order valence-electron chi connectivity index (χ1n) is 10.8. The Kier molecular flexibility index (Phi) is 6.14. The SMILES string of the molecule is Cc1cc(N2CCN(C(=O)[C@H]3CC(=O)N(c4cccc(Cl)c4)C3)CC2)nc(C(C)C)n1. The molecule has 0 spiro atoms. The summed E-state index contributed by atoms with van der Waals surface area (Å²) in [7, 11) is 0. The monoisotopic (exact) mass is 441 g/mol. The smallest absolute Gasteiger partial charge is 0.228 e. The number of anilines is 2. The second-order valence-corrected chi connectivity index (χ2v) is 9.01. The van der Waals surface area contributed by atoms with Gasteiger partial charge in [-0.25, -0.2) is 9.97 Å². The molecular formula is C23H28ClN5O2. The Morgan fingerprint density at radius 3 is 2.55 bits per heavy atom. The highest BCUT2D eigenvalue weighted by Crippen LogP contribution is 2.28. The predicted molar refractivity (Wildman–Crippen MR) is 122 cm³/mol. The van der Waals surface area contributed by atoms with E-state index in [1.165, 1.54) is 0 Å². The Hall–Kier alpha value is -2.67. The van der Waals surface area contributed by atoms with E-state index in [9.17, 15) is 9.59 Å². The molecule has 7 nitrogen and oxygen atoms in total. The number of amides is 2. The third-order valence-electron chi connectivity index (χ3n) is 5.88. The van der Waals surface area contributed by atoms with Crippen molar-refractivity contribution in [1.82, 2.24) is 14.9 Å². The van der Waals surface area contributed by atoms with Crippen molar-refractivity contribution in [3.05, 3.63) is 46.9 Å². The lowest BCUT2D eigenvalue weighted by Gasteiger charge is -2.36. The number of hydrogen-bond donors (Lipinski definition) is 0. The van der Waals surface area contributed by atoms with Gasteiger partial charge in [-0.1, -0.05) is 31.5 Å². The lowest BCUT2D eigenvalue weighted by Crippen LogP contribution is -2.51. The molecule has 0 bridgehead atoms. The summed E-state index contributed by atoms with van der Waals surface area (Å²) in [5.41, 5.74) is 1.70. The van der Waals surface area contributed by atoms with Crippen LogP contribution in [0.4, 0.5) is 11.5 Å². The van der Waals surface area contributed by atoms with Crippen LogP contribution >= 0.6 is 11.6 Å². The molecule has 4 rings (SSSR count). The zero-order chi connectivity index (χ0) is 22.1. The van der Waals surface area contributed by atoms with Gasteiger partial charge in [0.05, 0.1) is 5.92 Å². The molecule has 2 aliphatic heterocycles. The van der Waals surface area contributed by atoms with E-state index >= 15 is 0 Å². The summed E-state index contributed by atoms with van der Waals surface area (Å²) >= 11 is 6.07. The van der Waals surface area contributed by atoms with Crippen LogP contribution in [-0.2, 0) is 9.59 Å². The van der Waals surface area contributed by atoms with Gasteiger partial charge in [-0.05, 0) is 25.1 Å². The summed E-state index contributed by atoms with van der Waals surface area (Å²) in [4.78, 5) is 40.6. The molecule has 2 aliphatic rings. The third kappa shape index (κ3) is 4.66. The number of nitrogens with zero attached hydrogens (tertiary/aromatic N) is 5. The lowest BCUT2D eigenvalue weighted by molar-refractivity contribution is -0.136. The fourth-order valence-electron chi connectivity index (χ4n) is 4.18. The maximum absolute atomic E-state index is 13.1. The fraction of sp³-hybridized carbons (Fsp3) is 0.478. The zero-order valence-electron chi connectivity index (χ0n) is 18.2. The highest BCUT2D eigenvalue weighted by molar-refractivity contribution is 6.31. The van der Waals surface area contributed by atoms with Crippen molar-refractivity contribution in [3.8, 4) is 0 Å². The van der Waals surface area contributed by atoms with E-state index in [-0.39, 0.29) is 30.1 Å². The zero-order valence-corrected chi connectivity index (χ0v) is 19.0. The van der Waals surface area contributed by atoms with Crippen molar-refractivity contribution < 1.29 is 9.59 Å². The van der Waals surface area contributed by atoms with Gasteiger partial charge in [0.25, 0.3) is 0 Å². The van der Waals surface area contributed by atoms with E-state index in [4.69, 9.17) is 16.6 Å². The molecule has 2 saturated heterocycles. The molecule has 8 heteroatoms. The molecule has 31 heavy (non-hydrogen) atoms. The van der Waals surface area contributed by atoms with Gasteiger partial charge >= 0.3 is 0 Å². The first-order valence-corrected chi connectivity index (χ1v) is 11.1. The van der Waals surface area contributed by atoms with E-state index in [1.54, 1.807) is 17.0 Å². The lowest BCUT2D eigenvalue weighted by atomic mass is 10.1. The van der Waals surface area contributed by atoms with Crippen LogP contribution in [-0.4, -0.2) is 59.4 Å². The molecule has 0 unspecified atom stereocenters. The minimum absolute atomic E-state index is 0.0306. The van der Waals surface area contributed by atoms with Crippen LogP contribution in [0.15, 0.2) is 30.3 Å². The second-order valence-electron chi connectivity index (χ2n) is 8.58. The average Bonchev–Trinajstić information content (AvgIpc) is 3.14. The van der Waals surface area contributed by atoms with Crippen LogP contribution in [0.3, 0.4) is 0 Å². The summed E-state index contributed by atoms with van der Waals surface area (Å²) in [6, 6.07) is 9.21. The van der Waals surface area contributed by atoms with Crippen LogP contribution < -0.4 is 9.80 Å². The molecule has 2 fully saturated rings. The Bertz CT molecular complexity index is 988. The van der Waals surface area contributed by atoms with Gasteiger partial charge in [0.2, 0.25) is 11.8 Å². The molecular weight excluding hydrogens is 414 g/mol. The van der Waals surface area contributed by atoms with Gasteiger partial charge in [-0.2, -0.15) is 0 Å². The number of carbonyl (C=O) groups excluding carboxylic acids is 2. The highest BCUT2D eigenvalue weighted by atomic mass is 35.5. The van der Waals surface area contributed by atoms with Crippen molar-refractivity contribution in [1.29, 1.82) is 0 Å². The van der Waals surface area contributed by atoms with Crippen LogP contribution in [0.5, 0.6) is 0 Å². The average molecular weight is 442 g/mol. The molecule has 1 atom stereocenters. The highest BCUT2D eigenvalue weighted by Gasteiger charge is 2.38. The van der Waals surface area contributed by atoms with Crippen molar-refractivity contribution in [3.63, 3.8) is 0 Å². The van der Waals surface area contributed by atoms with E-state index in [1.807, 2.05) is 30.0 Å². The Morgan fingerprint density at radius 1 is 1.13 bits per heavy atom. The molecule has 0 N–H and O–H groups in total. The molecule has 0 radical (unpaired) electrons. The molecule has 164 valence electrons. The van der Waals surface area contributed by atoms with E-state index in [0.717, 1.165) is 36.1 Å². The molecule has 0 aliphatic carbocycles. The topological polar surface area (TPSA) is 69.6 Å². The quantitative estimate of drug-likeness (QED) is 0.728. The standard InChI is InChI=1S/C23H28ClN5O2/c1-15(2)22-25-16(3)11-20(26-22)27-7-9-28(10-8-27)23(31)17-12-21(30)29(14-17)19-6-4-5-18(24)13-19/h4-6,11,13,15,17H,7-10,12,14H2,1-3H3/t17-/m0/s1. The van der Waals surface area contributed by atoms with Crippen LogP contribution in [0, 0.1) is 12.8 Å². The van der Waals surface area contributed by atoms with Crippen LogP contribution in [0.1, 0.15) is 37.7 Å². The summed E-state index contributed by atoms with van der Waals surface area (Å²) in [5.74, 6) is 1.75. The number of benzene rings is 1. The van der Waals surface area contributed by atoms with Crippen molar-refractivity contribution in [2.75, 3.05) is 42.5 Å². The van der Waals surface area contributed by atoms with Gasteiger partial charge < -0.3 is 14.7 Å². The van der Waals surface area contributed by atoms with Gasteiger partial charge in [-0.3, -0.25) is 9.59 Å². The molecule has 1 aromatic heterocycles. The van der Waals surface area contributed by atoms with E-state index in [0.29, 0.717) is 24.7 Å². The molecule has 0 saturated carbocycles. The number of piperazine rings is 1. The summed E-state index contributed by atoms with van der Waals surface area (Å²) in [6.45, 7) is 9.26. The largest absolute Gasteiger partial charge is 0.353 e. The Morgan fingerprint density at radius 2 is 1.87 bits per heavy atom. The van der Waals surface area contributed by atoms with Crippen LogP contribution in [0.25, 0.3) is 0 Å². The van der Waals surface area contributed by atoms with Crippen molar-refractivity contribution in [2.24, 2.45) is 5.92 Å². The maximum Gasteiger partial charge on any atom is 0.228 e. The maximum atomic E-state index is 13.1. The van der Waals surface area contributed by atoms with E-state index < -0.39 is 0 Å². The van der Waals surface area contributed by atoms with E-state index in [2.05, 4.69) is 23.7 Å². The first kappa shape index (κ1) is 21.6. The summed E-state index contributed by atoms with van der Waals surface area (Å²) < 4.78 is 0. The third-order valence-corrected chi connectivity index (χ3v) is 6.12. The first-order chi connectivity index (χ1) is 14.8. The van der Waals surface area contributed by atoms with Crippen LogP contribution in [0.2, 0.25) is 5.02 Å². The summed E-state index contributed by atoms with van der Waals surface area (Å²) in [5, 5.41) is 0.580. The Balaban J connectivity index is 1.38. The number of hydrogen-bond acceptors (Lipinski definition) is 5. The van der Waals surface area contributed by atoms with Gasteiger partial charge in [0.15, 0.2) is 0 Å². The van der Waals surface area contributed by atoms with Gasteiger partial charge in [-0.15, -0.1) is 0 Å². The summed E-state index contributed by atoms with van der Waals surface area (Å²) in [6.07, 6.45) is 0.244. The Labute approximate surface area is 188 Å². The minimum atomic E-state index is -0.313. The number of aromatic nitrogens is 2. The number of carbonyl (C=O) groups is 2. The van der Waals surface area contributed by atoms with Gasteiger partial charge in [0, 0.05) is 67.5 Å². The molecule has 1 aromatic carbocycles. The molecule has 2 aromatic rings. The molecule has 2 amide bonds. The number of rotatable bonds is 4. The predicted octanol–water partition coefficient (Wildman–Crippen LogP) is 3.26. The van der Waals surface area contributed by atoms with Gasteiger partial charge in [0.1, 0.15) is 11.6 Å². The minimum Gasteiger partial charge on any atom is -0.353 e. The normalized spacial score (nSPS) is 19.5. The second kappa shape index (κ2) is 8.83. The molecule has 3 heterocycles. The fourth-order valence-corrected chi connectivity index (χ4v) is 4.36. The van der Waals surface area contributed by atoms with Crippen molar-refractivity contribution >= 4 is 34.9 Å². The van der Waals surface area contributed by atoms with Crippen molar-refractivity contribution in [2.45, 2.75) is 33.1 Å². The number of halogens is 1. The number of aryl methyl sites for hydroxylation is 1.